The van der Waals surface area contributed by atoms with Gasteiger partial charge in [0.25, 0.3) is 0 Å². The van der Waals surface area contributed by atoms with Crippen molar-refractivity contribution in [2.45, 2.75) is 4.90 Å². The van der Waals surface area contributed by atoms with Gasteiger partial charge in [-0.2, -0.15) is 0 Å². The highest BCUT2D eigenvalue weighted by Gasteiger charge is 2.16. The maximum atomic E-state index is 11.1. The summed E-state index contributed by atoms with van der Waals surface area (Å²) in [6.45, 7) is 0. The van der Waals surface area contributed by atoms with E-state index in [-0.39, 0.29) is 0 Å². The third-order valence-electron chi connectivity index (χ3n) is 1.57. The van der Waals surface area contributed by atoms with E-state index < -0.39 is 37.2 Å². The second-order valence-electron chi connectivity index (χ2n) is 2.63. The Kier molecular flexibility index (Phi) is 2.89. The normalized spacial score (nSPS) is 11.3. The van der Waals surface area contributed by atoms with E-state index in [0.29, 0.717) is 12.1 Å². The van der Waals surface area contributed by atoms with E-state index in [1.165, 1.54) is 0 Å². The highest BCUT2D eigenvalue weighted by atomic mass is 35.5. The second kappa shape index (κ2) is 3.69. The van der Waals surface area contributed by atoms with Crippen LogP contribution in [-0.2, 0) is 10.0 Å². The molecule has 0 bridgehead atoms. The second-order valence-corrected chi connectivity index (χ2v) is 4.57. The summed E-state index contributed by atoms with van der Waals surface area (Å²) >= 11 is 5.44. The van der Waals surface area contributed by atoms with Crippen molar-refractivity contribution in [1.82, 2.24) is 0 Å². The Morgan fingerprint density at radius 2 is 2.00 bits per heavy atom. The van der Waals surface area contributed by atoms with Gasteiger partial charge < -0.3 is 10.2 Å². The van der Waals surface area contributed by atoms with Gasteiger partial charge in [0.2, 0.25) is 10.0 Å². The number of sulfonamides is 1. The molecule has 0 fully saturated rings. The van der Waals surface area contributed by atoms with Crippen LogP contribution in [-0.4, -0.2) is 19.5 Å². The van der Waals surface area contributed by atoms with E-state index in [2.05, 4.69) is 0 Å². The molecule has 3 N–H and O–H groups in total. The number of hydrogen-bond acceptors (Lipinski definition) is 4. The lowest BCUT2D eigenvalue weighted by Crippen LogP contribution is -2.15. The van der Waals surface area contributed by atoms with Crippen molar-refractivity contribution in [3.63, 3.8) is 0 Å². The zero-order valence-electron chi connectivity index (χ0n) is 7.10. The van der Waals surface area contributed by atoms with Crippen LogP contribution in [0, 0.1) is 0 Å². The number of hydrogen-bond donors (Lipinski definition) is 2. The van der Waals surface area contributed by atoms with Gasteiger partial charge in [0, 0.05) is 0 Å². The van der Waals surface area contributed by atoms with Crippen LogP contribution in [0.5, 0.6) is 5.75 Å². The zero-order valence-corrected chi connectivity index (χ0v) is 8.67. The van der Waals surface area contributed by atoms with E-state index >= 15 is 0 Å². The van der Waals surface area contributed by atoms with Crippen molar-refractivity contribution >= 4 is 27.6 Å². The number of carbonyl (C=O) groups is 1. The molecule has 0 aliphatic carbocycles. The van der Waals surface area contributed by atoms with Gasteiger partial charge in [-0.15, -0.1) is 0 Å². The number of benzene rings is 1. The highest BCUT2D eigenvalue weighted by molar-refractivity contribution is 7.89. The lowest BCUT2D eigenvalue weighted by Gasteiger charge is -2.12. The number of rotatable bonds is 2. The Balaban J connectivity index is 3.58. The molecule has 0 spiro atoms. The highest BCUT2D eigenvalue weighted by Crippen LogP contribution is 2.27. The molecule has 82 valence electrons. The summed E-state index contributed by atoms with van der Waals surface area (Å²) in [6, 6.07) is 1.34. The van der Waals surface area contributed by atoms with Gasteiger partial charge in [-0.05, 0) is 12.1 Å². The number of carboxylic acids is 1. The zero-order chi connectivity index (χ0) is 11.8. The molecule has 0 saturated carbocycles. The van der Waals surface area contributed by atoms with Gasteiger partial charge in [0.05, 0.1) is 10.6 Å². The molecule has 0 atom stereocenters. The van der Waals surface area contributed by atoms with Crippen molar-refractivity contribution in [1.29, 1.82) is 0 Å². The van der Waals surface area contributed by atoms with E-state index in [1.54, 1.807) is 0 Å². The summed E-state index contributed by atoms with van der Waals surface area (Å²) in [5.74, 6) is -2.42. The molecule has 1 aromatic rings. The number of nitrogens with two attached hydrogens (primary N) is 1. The molecule has 0 radical (unpaired) electrons. The molecule has 1 rings (SSSR count). The van der Waals surface area contributed by atoms with Crippen molar-refractivity contribution in [2.24, 2.45) is 5.14 Å². The number of primary sulfonamides is 1. The maximum Gasteiger partial charge on any atom is 0.335 e. The SMILES string of the molecule is NS(=O)(=O)c1cc(C(=O)O)c([O-])cc1Cl. The Hall–Kier alpha value is -1.31. The number of carboxylic acid groups (broad SMARTS) is 1. The topological polar surface area (TPSA) is 121 Å². The number of aromatic carboxylic acids is 1. The van der Waals surface area contributed by atoms with Crippen LogP contribution in [0.4, 0.5) is 0 Å². The number of halogens is 1. The van der Waals surface area contributed by atoms with E-state index in [1.807, 2.05) is 0 Å². The summed E-state index contributed by atoms with van der Waals surface area (Å²) < 4.78 is 21.9. The fourth-order valence-electron chi connectivity index (χ4n) is 0.920. The average molecular weight is 251 g/mol. The Morgan fingerprint density at radius 1 is 1.47 bits per heavy atom. The predicted molar refractivity (Wildman–Crippen MR) is 49.2 cm³/mol. The van der Waals surface area contributed by atoms with Crippen molar-refractivity contribution in [3.05, 3.63) is 22.7 Å². The monoisotopic (exact) mass is 250 g/mol. The van der Waals surface area contributed by atoms with E-state index in [4.69, 9.17) is 21.8 Å². The smallest absolute Gasteiger partial charge is 0.335 e. The van der Waals surface area contributed by atoms with E-state index in [9.17, 15) is 18.3 Å². The van der Waals surface area contributed by atoms with Crippen molar-refractivity contribution in [3.8, 4) is 5.75 Å². The van der Waals surface area contributed by atoms with Crippen LogP contribution in [0.2, 0.25) is 5.02 Å². The molecular formula is C7H5ClNO5S-. The maximum absolute atomic E-state index is 11.1. The van der Waals surface area contributed by atoms with Gasteiger partial charge in [0.15, 0.2) is 0 Å². The van der Waals surface area contributed by atoms with E-state index in [0.717, 1.165) is 0 Å². The summed E-state index contributed by atoms with van der Waals surface area (Å²) in [5, 5.41) is 24.0. The molecule has 6 nitrogen and oxygen atoms in total. The third kappa shape index (κ3) is 2.38. The molecule has 0 aliphatic heterocycles. The first kappa shape index (κ1) is 11.8. The lowest BCUT2D eigenvalue weighted by molar-refractivity contribution is -0.268. The first-order chi connectivity index (χ1) is 6.73. The van der Waals surface area contributed by atoms with Gasteiger partial charge in [0.1, 0.15) is 4.90 Å². The first-order valence-corrected chi connectivity index (χ1v) is 5.42. The summed E-state index contributed by atoms with van der Waals surface area (Å²) in [6.07, 6.45) is 0. The minimum absolute atomic E-state index is 0.396. The van der Waals surface area contributed by atoms with Crippen molar-refractivity contribution < 1.29 is 23.4 Å². The fraction of sp³-hybridized carbons (Fsp3) is 0. The molecular weight excluding hydrogens is 246 g/mol. The average Bonchev–Trinajstić information content (AvgIpc) is 2.00. The minimum Gasteiger partial charge on any atom is -0.872 e. The summed E-state index contributed by atoms with van der Waals surface area (Å²) in [7, 11) is -4.14. The Labute approximate surface area is 90.0 Å². The molecule has 8 heteroatoms. The van der Waals surface area contributed by atoms with Gasteiger partial charge in [-0.25, -0.2) is 18.4 Å². The molecule has 0 saturated heterocycles. The van der Waals surface area contributed by atoms with Crippen LogP contribution in [0.1, 0.15) is 10.4 Å². The van der Waals surface area contributed by atoms with Crippen LogP contribution in [0.3, 0.4) is 0 Å². The minimum atomic E-state index is -4.14. The Bertz CT molecular complexity index is 524. The standard InChI is InChI=1S/C7H6ClNO5S/c8-4-2-5(10)3(7(11)12)1-6(4)15(9,13)14/h1-2,10H,(H,11,12)(H2,9,13,14)/p-1. The lowest BCUT2D eigenvalue weighted by atomic mass is 10.2. The molecule has 0 unspecified atom stereocenters. The van der Waals surface area contributed by atoms with Gasteiger partial charge in [-0.3, -0.25) is 0 Å². The summed E-state index contributed by atoms with van der Waals surface area (Å²) in [4.78, 5) is 9.95. The van der Waals surface area contributed by atoms with Gasteiger partial charge in [-0.1, -0.05) is 17.4 Å². The van der Waals surface area contributed by atoms with Crippen LogP contribution in [0.25, 0.3) is 0 Å². The quantitative estimate of drug-likeness (QED) is 0.750. The Morgan fingerprint density at radius 3 is 2.40 bits per heavy atom. The molecule has 1 aromatic carbocycles. The molecule has 15 heavy (non-hydrogen) atoms. The van der Waals surface area contributed by atoms with Crippen LogP contribution >= 0.6 is 11.6 Å². The third-order valence-corrected chi connectivity index (χ3v) is 2.95. The largest absolute Gasteiger partial charge is 0.872 e. The fourth-order valence-corrected chi connectivity index (χ4v) is 2.01. The molecule has 0 aliphatic rings. The van der Waals surface area contributed by atoms with Crippen molar-refractivity contribution in [2.75, 3.05) is 0 Å². The molecule has 0 heterocycles. The predicted octanol–water partition coefficient (Wildman–Crippen LogP) is -0.241. The molecule has 0 amide bonds. The first-order valence-electron chi connectivity index (χ1n) is 3.50. The summed E-state index contributed by atoms with van der Waals surface area (Å²) in [5.41, 5.74) is -0.691. The van der Waals surface area contributed by atoms with Crippen LogP contribution in [0.15, 0.2) is 17.0 Å². The van der Waals surface area contributed by atoms with Crippen LogP contribution < -0.4 is 10.2 Å². The molecule has 0 aromatic heterocycles. The van der Waals surface area contributed by atoms with Gasteiger partial charge >= 0.3 is 5.97 Å².